The molecule has 1 amide bonds. The summed E-state index contributed by atoms with van der Waals surface area (Å²) in [5.74, 6) is 1.16. The van der Waals surface area contributed by atoms with Gasteiger partial charge in [-0.1, -0.05) is 26.7 Å². The zero-order valence-electron chi connectivity index (χ0n) is 10.3. The summed E-state index contributed by atoms with van der Waals surface area (Å²) in [5.41, 5.74) is 0.421. The first-order chi connectivity index (χ1) is 7.49. The molecule has 0 bridgehead atoms. The maximum absolute atomic E-state index is 11.9. The van der Waals surface area contributed by atoms with Crippen molar-refractivity contribution in [3.8, 4) is 0 Å². The average molecular weight is 244 g/mol. The number of hydrogen-bond acceptors (Lipinski definition) is 1. The van der Waals surface area contributed by atoms with Crippen LogP contribution in [-0.2, 0) is 4.79 Å². The Balaban J connectivity index is 1.80. The number of rotatable bonds is 4. The van der Waals surface area contributed by atoms with Gasteiger partial charge in [0.15, 0.2) is 0 Å². The predicted molar refractivity (Wildman–Crippen MR) is 66.5 cm³/mol. The van der Waals surface area contributed by atoms with Gasteiger partial charge in [0.2, 0.25) is 5.91 Å². The van der Waals surface area contributed by atoms with Gasteiger partial charge in [0.1, 0.15) is 0 Å². The van der Waals surface area contributed by atoms with Crippen LogP contribution >= 0.6 is 11.6 Å². The SMILES string of the molecule is CC1(C)CC1C(=O)NCC1(CCl)CCCC1. The molecule has 0 heterocycles. The molecule has 0 aromatic carbocycles. The molecule has 92 valence electrons. The third-order valence-corrected chi connectivity index (χ3v) is 4.98. The Kier molecular flexibility index (Phi) is 3.22. The molecule has 0 spiro atoms. The lowest BCUT2D eigenvalue weighted by Crippen LogP contribution is -2.38. The van der Waals surface area contributed by atoms with Crippen molar-refractivity contribution in [2.45, 2.75) is 46.0 Å². The highest BCUT2D eigenvalue weighted by Gasteiger charge is 2.50. The van der Waals surface area contributed by atoms with Crippen LogP contribution < -0.4 is 5.32 Å². The molecular formula is C13H22ClNO. The largest absolute Gasteiger partial charge is 0.355 e. The molecule has 2 aliphatic carbocycles. The van der Waals surface area contributed by atoms with E-state index in [0.29, 0.717) is 5.88 Å². The Morgan fingerprint density at radius 3 is 2.38 bits per heavy atom. The minimum Gasteiger partial charge on any atom is -0.355 e. The Morgan fingerprint density at radius 2 is 1.94 bits per heavy atom. The lowest BCUT2D eigenvalue weighted by Gasteiger charge is -2.26. The second-order valence-corrected chi connectivity index (χ2v) is 6.57. The molecule has 0 aromatic heterocycles. The predicted octanol–water partition coefficient (Wildman–Crippen LogP) is 2.95. The molecule has 0 radical (unpaired) electrons. The molecule has 1 unspecified atom stereocenters. The van der Waals surface area contributed by atoms with Crippen molar-refractivity contribution >= 4 is 17.5 Å². The highest BCUT2D eigenvalue weighted by molar-refractivity contribution is 6.18. The maximum atomic E-state index is 11.9. The van der Waals surface area contributed by atoms with Gasteiger partial charge in [0.25, 0.3) is 0 Å². The van der Waals surface area contributed by atoms with Gasteiger partial charge in [-0.2, -0.15) is 0 Å². The van der Waals surface area contributed by atoms with Crippen LogP contribution in [0.1, 0.15) is 46.0 Å². The summed E-state index contributed by atoms with van der Waals surface area (Å²) in [5, 5.41) is 3.11. The van der Waals surface area contributed by atoms with Crippen LogP contribution in [0.2, 0.25) is 0 Å². The van der Waals surface area contributed by atoms with E-state index in [0.717, 1.165) is 13.0 Å². The van der Waals surface area contributed by atoms with E-state index in [4.69, 9.17) is 11.6 Å². The molecule has 2 aliphatic rings. The van der Waals surface area contributed by atoms with E-state index in [-0.39, 0.29) is 22.7 Å². The lowest BCUT2D eigenvalue weighted by atomic mass is 9.88. The standard InChI is InChI=1S/C13H22ClNO/c1-12(2)7-10(12)11(16)15-9-13(8-14)5-3-4-6-13/h10H,3-9H2,1-2H3,(H,15,16). The third-order valence-electron chi connectivity index (χ3n) is 4.42. The van der Waals surface area contributed by atoms with Crippen molar-refractivity contribution in [3.63, 3.8) is 0 Å². The lowest BCUT2D eigenvalue weighted by molar-refractivity contribution is -0.123. The summed E-state index contributed by atoms with van der Waals surface area (Å²) in [6.07, 6.45) is 5.90. The second kappa shape index (κ2) is 4.21. The number of amides is 1. The first-order valence-corrected chi connectivity index (χ1v) is 6.86. The average Bonchev–Trinajstić information content (AvgIpc) is 2.71. The Hall–Kier alpha value is -0.240. The first kappa shape index (κ1) is 12.2. The van der Waals surface area contributed by atoms with Gasteiger partial charge < -0.3 is 5.32 Å². The number of nitrogens with one attached hydrogen (secondary N) is 1. The fourth-order valence-corrected chi connectivity index (χ4v) is 3.16. The molecule has 1 N–H and O–H groups in total. The summed E-state index contributed by atoms with van der Waals surface area (Å²) >= 11 is 6.05. The van der Waals surface area contributed by atoms with Gasteiger partial charge in [-0.25, -0.2) is 0 Å². The van der Waals surface area contributed by atoms with Crippen molar-refractivity contribution in [2.24, 2.45) is 16.7 Å². The van der Waals surface area contributed by atoms with E-state index >= 15 is 0 Å². The Bertz CT molecular complexity index is 282. The molecule has 1 atom stereocenters. The van der Waals surface area contributed by atoms with Gasteiger partial charge in [-0.15, -0.1) is 11.6 Å². The molecule has 16 heavy (non-hydrogen) atoms. The molecule has 0 aliphatic heterocycles. The minimum absolute atomic E-state index is 0.191. The molecule has 2 rings (SSSR count). The van der Waals surface area contributed by atoms with Crippen molar-refractivity contribution in [2.75, 3.05) is 12.4 Å². The third kappa shape index (κ3) is 2.37. The van der Waals surface area contributed by atoms with Crippen LogP contribution in [-0.4, -0.2) is 18.3 Å². The van der Waals surface area contributed by atoms with Crippen molar-refractivity contribution in [1.29, 1.82) is 0 Å². The zero-order valence-corrected chi connectivity index (χ0v) is 11.1. The van der Waals surface area contributed by atoms with Gasteiger partial charge in [-0.05, 0) is 24.7 Å². The first-order valence-electron chi connectivity index (χ1n) is 6.33. The normalized spacial score (nSPS) is 30.1. The van der Waals surface area contributed by atoms with Gasteiger partial charge in [0, 0.05) is 23.8 Å². The highest BCUT2D eigenvalue weighted by Crippen LogP contribution is 2.51. The summed E-state index contributed by atoms with van der Waals surface area (Å²) in [7, 11) is 0. The van der Waals surface area contributed by atoms with Crippen LogP contribution in [0.15, 0.2) is 0 Å². The van der Waals surface area contributed by atoms with Crippen molar-refractivity contribution in [1.82, 2.24) is 5.32 Å². The monoisotopic (exact) mass is 243 g/mol. The summed E-state index contributed by atoms with van der Waals surface area (Å²) in [4.78, 5) is 11.9. The molecular weight excluding hydrogens is 222 g/mol. The topological polar surface area (TPSA) is 29.1 Å². The quantitative estimate of drug-likeness (QED) is 0.756. The van der Waals surface area contributed by atoms with E-state index in [1.807, 2.05) is 0 Å². The smallest absolute Gasteiger partial charge is 0.223 e. The van der Waals surface area contributed by atoms with Gasteiger partial charge in [0.05, 0.1) is 0 Å². The summed E-state index contributed by atoms with van der Waals surface area (Å²) in [6.45, 7) is 5.09. The second-order valence-electron chi connectivity index (χ2n) is 6.30. The minimum atomic E-state index is 0.191. The number of halogens is 1. The fraction of sp³-hybridized carbons (Fsp3) is 0.923. The van der Waals surface area contributed by atoms with Crippen LogP contribution in [0.3, 0.4) is 0 Å². The number of hydrogen-bond donors (Lipinski definition) is 1. The molecule has 0 aromatic rings. The van der Waals surface area contributed by atoms with Crippen LogP contribution in [0.4, 0.5) is 0 Å². The summed E-state index contributed by atoms with van der Waals surface area (Å²) < 4.78 is 0. The number of carbonyl (C=O) groups is 1. The van der Waals surface area contributed by atoms with Gasteiger partial charge in [-0.3, -0.25) is 4.79 Å². The Morgan fingerprint density at radius 1 is 1.38 bits per heavy atom. The summed E-state index contributed by atoms with van der Waals surface area (Å²) in [6, 6.07) is 0. The van der Waals surface area contributed by atoms with Crippen molar-refractivity contribution in [3.05, 3.63) is 0 Å². The fourth-order valence-electron chi connectivity index (χ4n) is 2.80. The zero-order chi connectivity index (χ0) is 11.8. The van der Waals surface area contributed by atoms with Gasteiger partial charge >= 0.3 is 0 Å². The maximum Gasteiger partial charge on any atom is 0.223 e. The van der Waals surface area contributed by atoms with Crippen LogP contribution in [0, 0.1) is 16.7 Å². The van der Waals surface area contributed by atoms with E-state index in [2.05, 4.69) is 19.2 Å². The molecule has 2 saturated carbocycles. The number of alkyl halides is 1. The highest BCUT2D eigenvalue weighted by atomic mass is 35.5. The molecule has 3 heteroatoms. The van der Waals surface area contributed by atoms with Crippen LogP contribution in [0.5, 0.6) is 0 Å². The molecule has 2 fully saturated rings. The molecule has 2 nitrogen and oxygen atoms in total. The van der Waals surface area contributed by atoms with E-state index in [1.54, 1.807) is 0 Å². The van der Waals surface area contributed by atoms with Crippen molar-refractivity contribution < 1.29 is 4.79 Å². The Labute approximate surface area is 103 Å². The number of carbonyl (C=O) groups excluding carboxylic acids is 1. The van der Waals surface area contributed by atoms with E-state index < -0.39 is 0 Å². The van der Waals surface area contributed by atoms with E-state index in [9.17, 15) is 4.79 Å². The van der Waals surface area contributed by atoms with E-state index in [1.165, 1.54) is 25.7 Å². The van der Waals surface area contributed by atoms with Crippen LogP contribution in [0.25, 0.3) is 0 Å². The molecule has 0 saturated heterocycles.